The maximum absolute atomic E-state index is 13.4. The van der Waals surface area contributed by atoms with E-state index in [0.29, 0.717) is 22.5 Å². The zero-order valence-electron chi connectivity index (χ0n) is 11.6. The topological polar surface area (TPSA) is 51.2 Å². The Morgan fingerprint density at radius 1 is 1.43 bits per heavy atom. The molecule has 1 aromatic heterocycles. The minimum atomic E-state index is -0.405. The molecule has 6 heteroatoms. The molecule has 21 heavy (non-hydrogen) atoms. The molecule has 110 valence electrons. The Morgan fingerprint density at radius 2 is 2.19 bits per heavy atom. The van der Waals surface area contributed by atoms with Crippen molar-refractivity contribution in [3.8, 4) is 0 Å². The molecule has 1 aromatic carbocycles. The van der Waals surface area contributed by atoms with E-state index in [-0.39, 0.29) is 5.82 Å². The molecule has 0 saturated heterocycles. The second-order valence-electron chi connectivity index (χ2n) is 4.36. The molecule has 0 radical (unpaired) electrons. The van der Waals surface area contributed by atoms with Crippen LogP contribution in [0.5, 0.6) is 0 Å². The lowest BCUT2D eigenvalue weighted by molar-refractivity contribution is 0.0526. The molecule has 4 nitrogen and oxygen atoms in total. The molecule has 0 saturated carbocycles. The molecule has 1 heterocycles. The third kappa shape index (κ3) is 3.78. The quantitative estimate of drug-likeness (QED) is 0.837. The van der Waals surface area contributed by atoms with Crippen molar-refractivity contribution in [3.05, 3.63) is 51.9 Å². The van der Waals surface area contributed by atoms with Crippen LogP contribution in [0.3, 0.4) is 0 Å². The molecule has 0 amide bonds. The molecule has 0 aliphatic carbocycles. The van der Waals surface area contributed by atoms with Crippen LogP contribution in [0.2, 0.25) is 0 Å². The standard InChI is InChI=1S/C15H14BrFN2O2/c1-3-21-15(20)10-4-5-14(18-8-10)19-13-7-11(16)12(17)6-9(13)2/h4-8H,3H2,1-2H3,(H,18,19). The van der Waals surface area contributed by atoms with E-state index >= 15 is 0 Å². The van der Waals surface area contributed by atoms with Crippen molar-refractivity contribution in [2.75, 3.05) is 11.9 Å². The Kier molecular flexibility index (Phi) is 4.90. The molecule has 0 unspecified atom stereocenters. The fourth-order valence-corrected chi connectivity index (χ4v) is 2.07. The van der Waals surface area contributed by atoms with Crippen LogP contribution in [0.15, 0.2) is 34.9 Å². The van der Waals surface area contributed by atoms with Gasteiger partial charge in [-0.2, -0.15) is 0 Å². The Morgan fingerprint density at radius 3 is 2.81 bits per heavy atom. The number of rotatable bonds is 4. The zero-order valence-corrected chi connectivity index (χ0v) is 13.2. The van der Waals surface area contributed by atoms with Crippen molar-refractivity contribution in [1.29, 1.82) is 0 Å². The van der Waals surface area contributed by atoms with Gasteiger partial charge in [-0.05, 0) is 59.6 Å². The van der Waals surface area contributed by atoms with Crippen LogP contribution < -0.4 is 5.32 Å². The predicted molar refractivity (Wildman–Crippen MR) is 82.3 cm³/mol. The van der Waals surface area contributed by atoms with Gasteiger partial charge in [0.15, 0.2) is 0 Å². The molecule has 0 atom stereocenters. The van der Waals surface area contributed by atoms with Gasteiger partial charge in [0.05, 0.1) is 16.6 Å². The molecule has 0 spiro atoms. The van der Waals surface area contributed by atoms with Gasteiger partial charge in [0.1, 0.15) is 11.6 Å². The number of esters is 1. The van der Waals surface area contributed by atoms with Crippen molar-refractivity contribution >= 4 is 33.4 Å². The number of aryl methyl sites for hydroxylation is 1. The molecular weight excluding hydrogens is 339 g/mol. The smallest absolute Gasteiger partial charge is 0.339 e. The van der Waals surface area contributed by atoms with Crippen molar-refractivity contribution < 1.29 is 13.9 Å². The van der Waals surface area contributed by atoms with Crippen molar-refractivity contribution in [2.24, 2.45) is 0 Å². The number of nitrogens with zero attached hydrogens (tertiary/aromatic N) is 1. The molecule has 2 aromatic rings. The fraction of sp³-hybridized carbons (Fsp3) is 0.200. The second-order valence-corrected chi connectivity index (χ2v) is 5.21. The number of carbonyl (C=O) groups is 1. The summed E-state index contributed by atoms with van der Waals surface area (Å²) in [7, 11) is 0. The van der Waals surface area contributed by atoms with Gasteiger partial charge in [0.25, 0.3) is 0 Å². The van der Waals surface area contributed by atoms with E-state index in [2.05, 4.69) is 26.2 Å². The number of pyridine rings is 1. The van der Waals surface area contributed by atoms with Crippen molar-refractivity contribution in [2.45, 2.75) is 13.8 Å². The highest BCUT2D eigenvalue weighted by Gasteiger charge is 2.08. The van der Waals surface area contributed by atoms with Gasteiger partial charge in [0.2, 0.25) is 0 Å². The van der Waals surface area contributed by atoms with E-state index in [0.717, 1.165) is 11.3 Å². The lowest BCUT2D eigenvalue weighted by Crippen LogP contribution is -2.05. The van der Waals surface area contributed by atoms with Gasteiger partial charge in [-0.15, -0.1) is 0 Å². The van der Waals surface area contributed by atoms with E-state index in [1.807, 2.05) is 0 Å². The van der Waals surface area contributed by atoms with Gasteiger partial charge in [-0.1, -0.05) is 0 Å². The number of hydrogen-bond acceptors (Lipinski definition) is 4. The van der Waals surface area contributed by atoms with Gasteiger partial charge in [0, 0.05) is 11.9 Å². The number of benzene rings is 1. The highest BCUT2D eigenvalue weighted by Crippen LogP contribution is 2.26. The first-order valence-corrected chi connectivity index (χ1v) is 7.16. The highest BCUT2D eigenvalue weighted by atomic mass is 79.9. The zero-order chi connectivity index (χ0) is 15.4. The van der Waals surface area contributed by atoms with Crippen LogP contribution in [0.4, 0.5) is 15.9 Å². The number of carbonyl (C=O) groups excluding carboxylic acids is 1. The van der Waals surface area contributed by atoms with E-state index in [1.165, 1.54) is 12.3 Å². The van der Waals surface area contributed by atoms with Crippen molar-refractivity contribution in [3.63, 3.8) is 0 Å². The molecule has 0 aliphatic rings. The van der Waals surface area contributed by atoms with E-state index in [4.69, 9.17) is 4.74 Å². The summed E-state index contributed by atoms with van der Waals surface area (Å²) < 4.78 is 18.6. The van der Waals surface area contributed by atoms with Gasteiger partial charge >= 0.3 is 5.97 Å². The van der Waals surface area contributed by atoms with Crippen LogP contribution in [0.1, 0.15) is 22.8 Å². The molecule has 0 bridgehead atoms. The van der Waals surface area contributed by atoms with Crippen LogP contribution in [-0.4, -0.2) is 17.6 Å². The first-order chi connectivity index (χ1) is 10.0. The normalized spacial score (nSPS) is 10.3. The summed E-state index contributed by atoms with van der Waals surface area (Å²) in [4.78, 5) is 15.7. The highest BCUT2D eigenvalue weighted by molar-refractivity contribution is 9.10. The molecule has 0 aliphatic heterocycles. The lowest BCUT2D eigenvalue weighted by Gasteiger charge is -2.10. The molecule has 2 rings (SSSR count). The summed E-state index contributed by atoms with van der Waals surface area (Å²) in [5.74, 6) is -0.161. The Bertz CT molecular complexity index is 659. The first-order valence-electron chi connectivity index (χ1n) is 6.37. The molecular formula is C15H14BrFN2O2. The number of aromatic nitrogens is 1. The molecule has 0 fully saturated rings. The summed E-state index contributed by atoms with van der Waals surface area (Å²) in [5.41, 5.74) is 1.88. The third-order valence-electron chi connectivity index (χ3n) is 2.80. The molecule has 1 N–H and O–H groups in total. The fourth-order valence-electron chi connectivity index (χ4n) is 1.72. The number of anilines is 2. The number of hydrogen-bond donors (Lipinski definition) is 1. The third-order valence-corrected chi connectivity index (χ3v) is 3.41. The van der Waals surface area contributed by atoms with Crippen molar-refractivity contribution in [1.82, 2.24) is 4.98 Å². The number of nitrogens with one attached hydrogen (secondary N) is 1. The SMILES string of the molecule is CCOC(=O)c1ccc(Nc2cc(Br)c(F)cc2C)nc1. The van der Waals surface area contributed by atoms with Gasteiger partial charge in [-0.25, -0.2) is 14.2 Å². The van der Waals surface area contributed by atoms with Crippen LogP contribution in [0.25, 0.3) is 0 Å². The summed E-state index contributed by atoms with van der Waals surface area (Å²) >= 11 is 3.14. The summed E-state index contributed by atoms with van der Waals surface area (Å²) in [6, 6.07) is 6.37. The van der Waals surface area contributed by atoms with E-state index in [9.17, 15) is 9.18 Å². The van der Waals surface area contributed by atoms with Gasteiger partial charge in [-0.3, -0.25) is 0 Å². The summed E-state index contributed by atoms with van der Waals surface area (Å²) in [6.45, 7) is 3.86. The van der Waals surface area contributed by atoms with E-state index < -0.39 is 5.97 Å². The predicted octanol–water partition coefficient (Wildman–Crippen LogP) is 4.21. The Hall–Kier alpha value is -1.95. The summed E-state index contributed by atoms with van der Waals surface area (Å²) in [5, 5.41) is 3.08. The maximum atomic E-state index is 13.4. The van der Waals surface area contributed by atoms with Crippen LogP contribution in [0, 0.1) is 12.7 Å². The van der Waals surface area contributed by atoms with Crippen LogP contribution >= 0.6 is 15.9 Å². The maximum Gasteiger partial charge on any atom is 0.339 e. The Balaban J connectivity index is 2.17. The Labute approximate surface area is 130 Å². The number of halogens is 2. The minimum absolute atomic E-state index is 0.316. The van der Waals surface area contributed by atoms with Crippen LogP contribution in [-0.2, 0) is 4.74 Å². The lowest BCUT2D eigenvalue weighted by atomic mass is 10.2. The average molecular weight is 353 g/mol. The monoisotopic (exact) mass is 352 g/mol. The van der Waals surface area contributed by atoms with Gasteiger partial charge < -0.3 is 10.1 Å². The second kappa shape index (κ2) is 6.67. The first kappa shape index (κ1) is 15.4. The minimum Gasteiger partial charge on any atom is -0.462 e. The summed E-state index contributed by atoms with van der Waals surface area (Å²) in [6.07, 6.45) is 1.44. The average Bonchev–Trinajstić information content (AvgIpc) is 2.46. The van der Waals surface area contributed by atoms with E-state index in [1.54, 1.807) is 32.0 Å². The number of ether oxygens (including phenoxy) is 1. The largest absolute Gasteiger partial charge is 0.462 e.